The maximum atomic E-state index is 12.9. The van der Waals surface area contributed by atoms with Crippen molar-refractivity contribution in [3.63, 3.8) is 0 Å². The highest BCUT2D eigenvalue weighted by atomic mass is 19.1. The van der Waals surface area contributed by atoms with Crippen molar-refractivity contribution in [3.05, 3.63) is 29.6 Å². The molecule has 1 amide bonds. The molecule has 2 N–H and O–H groups in total. The van der Waals surface area contributed by atoms with Crippen LogP contribution in [0.4, 0.5) is 10.1 Å². The average Bonchev–Trinajstić information content (AvgIpc) is 2.26. The molecule has 0 radical (unpaired) electrons. The van der Waals surface area contributed by atoms with Crippen molar-refractivity contribution in [1.29, 1.82) is 0 Å². The summed E-state index contributed by atoms with van der Waals surface area (Å²) >= 11 is 0. The van der Waals surface area contributed by atoms with Gasteiger partial charge in [0.2, 0.25) is 0 Å². The van der Waals surface area contributed by atoms with Crippen LogP contribution in [0.25, 0.3) is 0 Å². The molecule has 1 aliphatic heterocycles. The first kappa shape index (κ1) is 8.99. The standard InChI is InChI=1S/C10H11FN2O/c1-6-5-12-9-4-7(11)2-3-8(9)10(14)13-6/h2-4,6,12H,5H2,1H3,(H,13,14). The predicted octanol–water partition coefficient (Wildman–Crippen LogP) is 1.37. The van der Waals surface area contributed by atoms with Crippen LogP contribution in [0, 0.1) is 5.82 Å². The van der Waals surface area contributed by atoms with Crippen LogP contribution in [0.15, 0.2) is 18.2 Å². The number of rotatable bonds is 0. The molecule has 3 nitrogen and oxygen atoms in total. The van der Waals surface area contributed by atoms with Gasteiger partial charge in [0, 0.05) is 18.3 Å². The van der Waals surface area contributed by atoms with E-state index < -0.39 is 0 Å². The fraction of sp³-hybridized carbons (Fsp3) is 0.300. The molecule has 1 unspecified atom stereocenters. The number of anilines is 1. The van der Waals surface area contributed by atoms with Crippen LogP contribution in [0.3, 0.4) is 0 Å². The number of hydrogen-bond donors (Lipinski definition) is 2. The van der Waals surface area contributed by atoms with Gasteiger partial charge in [-0.2, -0.15) is 0 Å². The molecule has 1 heterocycles. The van der Waals surface area contributed by atoms with Crippen molar-refractivity contribution in [2.75, 3.05) is 11.9 Å². The molecule has 0 aromatic heterocycles. The Hall–Kier alpha value is -1.58. The fourth-order valence-electron chi connectivity index (χ4n) is 1.48. The molecular formula is C10H11FN2O. The number of carbonyl (C=O) groups is 1. The third kappa shape index (κ3) is 1.55. The van der Waals surface area contributed by atoms with Crippen LogP contribution in [0.5, 0.6) is 0 Å². The first-order chi connectivity index (χ1) is 6.66. The minimum Gasteiger partial charge on any atom is -0.382 e. The van der Waals surface area contributed by atoms with Crippen LogP contribution < -0.4 is 10.6 Å². The highest BCUT2D eigenvalue weighted by Crippen LogP contribution is 2.19. The van der Waals surface area contributed by atoms with Gasteiger partial charge in [-0.15, -0.1) is 0 Å². The maximum absolute atomic E-state index is 12.9. The van der Waals surface area contributed by atoms with Crippen LogP contribution >= 0.6 is 0 Å². The van der Waals surface area contributed by atoms with Gasteiger partial charge in [0.1, 0.15) is 5.82 Å². The molecule has 0 saturated heterocycles. The Morgan fingerprint density at radius 1 is 1.50 bits per heavy atom. The molecule has 0 bridgehead atoms. The molecule has 0 spiro atoms. The van der Waals surface area contributed by atoms with E-state index in [4.69, 9.17) is 0 Å². The van der Waals surface area contributed by atoms with Crippen LogP contribution in [-0.4, -0.2) is 18.5 Å². The minimum absolute atomic E-state index is 0.0537. The summed E-state index contributed by atoms with van der Waals surface area (Å²) in [6.45, 7) is 2.51. The van der Waals surface area contributed by atoms with Gasteiger partial charge in [-0.3, -0.25) is 4.79 Å². The molecule has 1 aromatic carbocycles. The Morgan fingerprint density at radius 2 is 2.29 bits per heavy atom. The summed E-state index contributed by atoms with van der Waals surface area (Å²) in [5, 5.41) is 5.82. The Morgan fingerprint density at radius 3 is 3.07 bits per heavy atom. The predicted molar refractivity (Wildman–Crippen MR) is 51.8 cm³/mol. The van der Waals surface area contributed by atoms with Gasteiger partial charge in [-0.25, -0.2) is 4.39 Å². The van der Waals surface area contributed by atoms with Crippen molar-refractivity contribution in [1.82, 2.24) is 5.32 Å². The molecule has 1 aromatic rings. The quantitative estimate of drug-likeness (QED) is 0.655. The van der Waals surface area contributed by atoms with Gasteiger partial charge in [0.25, 0.3) is 5.91 Å². The van der Waals surface area contributed by atoms with E-state index in [1.54, 1.807) is 0 Å². The minimum atomic E-state index is -0.335. The molecule has 1 aliphatic rings. The number of hydrogen-bond acceptors (Lipinski definition) is 2. The first-order valence-corrected chi connectivity index (χ1v) is 4.51. The molecule has 74 valence electrons. The number of carbonyl (C=O) groups excluding carboxylic acids is 1. The number of halogens is 1. The third-order valence-corrected chi connectivity index (χ3v) is 2.20. The highest BCUT2D eigenvalue weighted by Gasteiger charge is 2.18. The summed E-state index contributed by atoms with van der Waals surface area (Å²) in [6.07, 6.45) is 0. The lowest BCUT2D eigenvalue weighted by molar-refractivity contribution is 0.0945. The Balaban J connectivity index is 2.43. The van der Waals surface area contributed by atoms with Crippen molar-refractivity contribution in [2.45, 2.75) is 13.0 Å². The average molecular weight is 194 g/mol. The fourth-order valence-corrected chi connectivity index (χ4v) is 1.48. The molecule has 0 fully saturated rings. The second-order valence-corrected chi connectivity index (χ2v) is 3.45. The monoisotopic (exact) mass is 194 g/mol. The maximum Gasteiger partial charge on any atom is 0.253 e. The first-order valence-electron chi connectivity index (χ1n) is 4.51. The Bertz CT molecular complexity index is 378. The van der Waals surface area contributed by atoms with E-state index >= 15 is 0 Å². The van der Waals surface area contributed by atoms with Crippen molar-refractivity contribution in [3.8, 4) is 0 Å². The van der Waals surface area contributed by atoms with E-state index in [2.05, 4.69) is 10.6 Å². The Labute approximate surface area is 81.3 Å². The molecule has 0 aliphatic carbocycles. The summed E-state index contributed by atoms with van der Waals surface area (Å²) in [5.41, 5.74) is 1.06. The van der Waals surface area contributed by atoms with Gasteiger partial charge in [-0.1, -0.05) is 0 Å². The van der Waals surface area contributed by atoms with Gasteiger partial charge in [0.15, 0.2) is 0 Å². The van der Waals surface area contributed by atoms with Gasteiger partial charge >= 0.3 is 0 Å². The largest absolute Gasteiger partial charge is 0.382 e. The third-order valence-electron chi connectivity index (χ3n) is 2.20. The molecular weight excluding hydrogens is 183 g/mol. The van der Waals surface area contributed by atoms with Crippen molar-refractivity contribution in [2.24, 2.45) is 0 Å². The van der Waals surface area contributed by atoms with Gasteiger partial charge in [-0.05, 0) is 25.1 Å². The van der Waals surface area contributed by atoms with Crippen LogP contribution in [0.1, 0.15) is 17.3 Å². The summed E-state index contributed by atoms with van der Waals surface area (Å²) in [5.74, 6) is -0.490. The number of benzene rings is 1. The van der Waals surface area contributed by atoms with Gasteiger partial charge < -0.3 is 10.6 Å². The zero-order valence-corrected chi connectivity index (χ0v) is 7.80. The summed E-state index contributed by atoms with van der Waals surface area (Å²) in [7, 11) is 0. The normalized spacial score (nSPS) is 20.4. The number of fused-ring (bicyclic) bond motifs is 1. The lowest BCUT2D eigenvalue weighted by Crippen LogP contribution is -2.34. The van der Waals surface area contributed by atoms with E-state index in [1.807, 2.05) is 6.92 Å². The smallest absolute Gasteiger partial charge is 0.253 e. The highest BCUT2D eigenvalue weighted by molar-refractivity contribution is 6.00. The topological polar surface area (TPSA) is 41.1 Å². The number of amides is 1. The second kappa shape index (κ2) is 3.29. The van der Waals surface area contributed by atoms with E-state index in [0.717, 1.165) is 0 Å². The van der Waals surface area contributed by atoms with E-state index in [9.17, 15) is 9.18 Å². The van der Waals surface area contributed by atoms with Crippen LogP contribution in [-0.2, 0) is 0 Å². The summed E-state index contributed by atoms with van der Waals surface area (Å²) in [4.78, 5) is 11.6. The molecule has 4 heteroatoms. The molecule has 2 rings (SSSR count). The van der Waals surface area contributed by atoms with Crippen molar-refractivity contribution >= 4 is 11.6 Å². The molecule has 0 saturated carbocycles. The van der Waals surface area contributed by atoms with E-state index in [-0.39, 0.29) is 17.8 Å². The Kier molecular flexibility index (Phi) is 2.11. The summed E-state index contributed by atoms with van der Waals surface area (Å²) < 4.78 is 12.9. The zero-order valence-electron chi connectivity index (χ0n) is 7.80. The van der Waals surface area contributed by atoms with Gasteiger partial charge in [0.05, 0.1) is 5.56 Å². The lowest BCUT2D eigenvalue weighted by atomic mass is 10.1. The SMILES string of the molecule is CC1CNc2cc(F)ccc2C(=O)N1. The molecule has 1 atom stereocenters. The van der Waals surface area contributed by atoms with E-state index in [1.165, 1.54) is 18.2 Å². The van der Waals surface area contributed by atoms with Crippen LogP contribution in [0.2, 0.25) is 0 Å². The zero-order chi connectivity index (χ0) is 10.1. The lowest BCUT2D eigenvalue weighted by Gasteiger charge is -2.08. The van der Waals surface area contributed by atoms with Crippen molar-refractivity contribution < 1.29 is 9.18 Å². The summed E-state index contributed by atoms with van der Waals surface area (Å²) in [6, 6.07) is 4.17. The second-order valence-electron chi connectivity index (χ2n) is 3.45. The number of nitrogens with one attached hydrogen (secondary N) is 2. The van der Waals surface area contributed by atoms with E-state index in [0.29, 0.717) is 17.8 Å². The molecule has 14 heavy (non-hydrogen) atoms.